The van der Waals surface area contributed by atoms with E-state index in [2.05, 4.69) is 31.2 Å². The number of aromatic nitrogens is 7. The monoisotopic (exact) mass is 389 g/mol. The molecule has 6 aromatic rings. The van der Waals surface area contributed by atoms with E-state index in [0.717, 1.165) is 44.6 Å². The van der Waals surface area contributed by atoms with Crippen molar-refractivity contribution in [2.75, 3.05) is 0 Å². The summed E-state index contributed by atoms with van der Waals surface area (Å²) in [5.41, 5.74) is 7.82. The molecule has 0 spiro atoms. The molecule has 7 nitrogen and oxygen atoms in total. The molecule has 0 amide bonds. The quantitative estimate of drug-likeness (QED) is 0.460. The SMILES string of the molecule is c1ccc(-c2ccc3[nH]nc(-c4nc5c(-c6ccncc6)cccc5[nH]4)c3n2)nc1. The molecule has 0 unspecified atom stereocenters. The lowest BCUT2D eigenvalue weighted by molar-refractivity contribution is 1.10. The minimum Gasteiger partial charge on any atom is -0.336 e. The maximum Gasteiger partial charge on any atom is 0.161 e. The Hall–Kier alpha value is -4.39. The highest BCUT2D eigenvalue weighted by Crippen LogP contribution is 2.31. The zero-order chi connectivity index (χ0) is 19.9. The fourth-order valence-corrected chi connectivity index (χ4v) is 3.63. The number of H-pyrrole nitrogens is 2. The maximum atomic E-state index is 4.87. The second-order valence-corrected chi connectivity index (χ2v) is 6.90. The summed E-state index contributed by atoms with van der Waals surface area (Å²) in [5.74, 6) is 0.670. The molecule has 0 saturated carbocycles. The molecule has 0 aliphatic heterocycles. The molecule has 0 fully saturated rings. The molecular weight excluding hydrogens is 374 g/mol. The largest absolute Gasteiger partial charge is 0.336 e. The Morgan fingerprint density at radius 2 is 1.60 bits per heavy atom. The average Bonchev–Trinajstić information content (AvgIpc) is 3.43. The molecule has 0 bridgehead atoms. The Kier molecular flexibility index (Phi) is 3.64. The van der Waals surface area contributed by atoms with Crippen LogP contribution < -0.4 is 0 Å². The van der Waals surface area contributed by atoms with E-state index in [-0.39, 0.29) is 0 Å². The summed E-state index contributed by atoms with van der Waals surface area (Å²) in [7, 11) is 0. The fourth-order valence-electron chi connectivity index (χ4n) is 3.63. The van der Waals surface area contributed by atoms with Gasteiger partial charge >= 0.3 is 0 Å². The number of benzene rings is 1. The summed E-state index contributed by atoms with van der Waals surface area (Å²) in [5, 5.41) is 7.54. The number of rotatable bonds is 3. The third-order valence-corrected chi connectivity index (χ3v) is 5.06. The van der Waals surface area contributed by atoms with Crippen LogP contribution in [-0.2, 0) is 0 Å². The van der Waals surface area contributed by atoms with Gasteiger partial charge in [-0.2, -0.15) is 5.10 Å². The van der Waals surface area contributed by atoms with Gasteiger partial charge in [0.1, 0.15) is 5.52 Å². The van der Waals surface area contributed by atoms with Crippen LogP contribution >= 0.6 is 0 Å². The van der Waals surface area contributed by atoms with E-state index >= 15 is 0 Å². The minimum atomic E-state index is 0.670. The van der Waals surface area contributed by atoms with Crippen LogP contribution in [-0.4, -0.2) is 35.1 Å². The van der Waals surface area contributed by atoms with Crippen molar-refractivity contribution < 1.29 is 0 Å². The number of pyridine rings is 3. The summed E-state index contributed by atoms with van der Waals surface area (Å²) in [6.45, 7) is 0. The van der Waals surface area contributed by atoms with Crippen LogP contribution in [0.15, 0.2) is 79.3 Å². The molecular formula is C23H15N7. The van der Waals surface area contributed by atoms with Crippen LogP contribution in [0, 0.1) is 0 Å². The van der Waals surface area contributed by atoms with E-state index in [1.54, 1.807) is 18.6 Å². The van der Waals surface area contributed by atoms with Crippen LogP contribution in [0.25, 0.3) is 56.1 Å². The van der Waals surface area contributed by atoms with Gasteiger partial charge < -0.3 is 4.98 Å². The average molecular weight is 389 g/mol. The Morgan fingerprint density at radius 3 is 2.47 bits per heavy atom. The second-order valence-electron chi connectivity index (χ2n) is 6.90. The van der Waals surface area contributed by atoms with Gasteiger partial charge in [-0.05, 0) is 48.0 Å². The summed E-state index contributed by atoms with van der Waals surface area (Å²) in [4.78, 5) is 21.6. The number of aromatic amines is 2. The molecule has 30 heavy (non-hydrogen) atoms. The van der Waals surface area contributed by atoms with Gasteiger partial charge in [0.2, 0.25) is 0 Å². The van der Waals surface area contributed by atoms with Crippen molar-refractivity contribution in [1.29, 1.82) is 0 Å². The van der Waals surface area contributed by atoms with E-state index < -0.39 is 0 Å². The molecule has 2 N–H and O–H groups in total. The Labute approximate surface area is 170 Å². The second kappa shape index (κ2) is 6.59. The van der Waals surface area contributed by atoms with Crippen LogP contribution in [0.2, 0.25) is 0 Å². The number of nitrogens with one attached hydrogen (secondary N) is 2. The highest BCUT2D eigenvalue weighted by molar-refractivity contribution is 5.96. The molecule has 0 aliphatic rings. The predicted molar refractivity (Wildman–Crippen MR) is 115 cm³/mol. The topological polar surface area (TPSA) is 96.0 Å². The molecule has 1 aromatic carbocycles. The lowest BCUT2D eigenvalue weighted by Crippen LogP contribution is -1.88. The van der Waals surface area contributed by atoms with Crippen molar-refractivity contribution in [3.63, 3.8) is 0 Å². The van der Waals surface area contributed by atoms with Crippen molar-refractivity contribution >= 4 is 22.1 Å². The van der Waals surface area contributed by atoms with Crippen LogP contribution in [0.5, 0.6) is 0 Å². The molecule has 7 heteroatoms. The van der Waals surface area contributed by atoms with Gasteiger partial charge in [0.05, 0.1) is 27.9 Å². The van der Waals surface area contributed by atoms with Gasteiger partial charge in [0.25, 0.3) is 0 Å². The zero-order valence-corrected chi connectivity index (χ0v) is 15.7. The first-order chi connectivity index (χ1) is 14.9. The summed E-state index contributed by atoms with van der Waals surface area (Å²) in [6.07, 6.45) is 5.33. The van der Waals surface area contributed by atoms with Gasteiger partial charge in [0, 0.05) is 24.2 Å². The number of hydrogen-bond donors (Lipinski definition) is 2. The van der Waals surface area contributed by atoms with Gasteiger partial charge in [0.15, 0.2) is 11.5 Å². The van der Waals surface area contributed by atoms with Gasteiger partial charge in [-0.1, -0.05) is 18.2 Å². The van der Waals surface area contributed by atoms with Gasteiger partial charge in [-0.15, -0.1) is 0 Å². The predicted octanol–water partition coefficient (Wildman–Crippen LogP) is 4.63. The molecule has 0 radical (unpaired) electrons. The molecule has 5 aromatic heterocycles. The molecule has 6 rings (SSSR count). The third kappa shape index (κ3) is 2.64. The lowest BCUT2D eigenvalue weighted by Gasteiger charge is -2.01. The first-order valence-electron chi connectivity index (χ1n) is 9.53. The van der Waals surface area contributed by atoms with Crippen molar-refractivity contribution in [3.05, 3.63) is 79.3 Å². The fraction of sp³-hybridized carbons (Fsp3) is 0. The van der Waals surface area contributed by atoms with Crippen molar-refractivity contribution in [2.45, 2.75) is 0 Å². The van der Waals surface area contributed by atoms with Crippen molar-refractivity contribution in [3.8, 4) is 34.0 Å². The zero-order valence-electron chi connectivity index (χ0n) is 15.7. The first kappa shape index (κ1) is 16.6. The highest BCUT2D eigenvalue weighted by atomic mass is 15.1. The summed E-state index contributed by atoms with van der Waals surface area (Å²) >= 11 is 0. The molecule has 5 heterocycles. The highest BCUT2D eigenvalue weighted by Gasteiger charge is 2.16. The normalized spacial score (nSPS) is 11.3. The standard InChI is InChI=1S/C23H15N7/c1-2-11-25-16(5-1)17-7-8-19-21(26-17)22(30-29-19)23-27-18-6-3-4-15(20(18)28-23)14-9-12-24-13-10-14/h1-13H,(H,27,28)(H,29,30). The van der Waals surface area contributed by atoms with Crippen LogP contribution in [0.1, 0.15) is 0 Å². The maximum absolute atomic E-state index is 4.87. The van der Waals surface area contributed by atoms with Gasteiger partial charge in [-0.25, -0.2) is 9.97 Å². The number of hydrogen-bond acceptors (Lipinski definition) is 5. The van der Waals surface area contributed by atoms with Crippen molar-refractivity contribution in [2.24, 2.45) is 0 Å². The van der Waals surface area contributed by atoms with E-state index in [9.17, 15) is 0 Å². The Morgan fingerprint density at radius 1 is 0.667 bits per heavy atom. The van der Waals surface area contributed by atoms with E-state index in [0.29, 0.717) is 11.5 Å². The summed E-state index contributed by atoms with van der Waals surface area (Å²) < 4.78 is 0. The van der Waals surface area contributed by atoms with E-state index in [1.807, 2.05) is 54.6 Å². The van der Waals surface area contributed by atoms with Gasteiger partial charge in [-0.3, -0.25) is 15.1 Å². The van der Waals surface area contributed by atoms with E-state index in [1.165, 1.54) is 0 Å². The molecule has 0 atom stereocenters. The summed E-state index contributed by atoms with van der Waals surface area (Å²) in [6, 6.07) is 19.7. The number of para-hydroxylation sites is 1. The van der Waals surface area contributed by atoms with Crippen molar-refractivity contribution in [1.82, 2.24) is 35.1 Å². The Balaban J connectivity index is 1.52. The number of imidazole rings is 1. The minimum absolute atomic E-state index is 0.670. The smallest absolute Gasteiger partial charge is 0.161 e. The van der Waals surface area contributed by atoms with E-state index in [4.69, 9.17) is 9.97 Å². The molecule has 0 saturated heterocycles. The number of nitrogens with zero attached hydrogens (tertiary/aromatic N) is 5. The first-order valence-corrected chi connectivity index (χ1v) is 9.53. The number of fused-ring (bicyclic) bond motifs is 2. The van der Waals surface area contributed by atoms with Crippen LogP contribution in [0.3, 0.4) is 0 Å². The lowest BCUT2D eigenvalue weighted by atomic mass is 10.1. The Bertz CT molecular complexity index is 1480. The van der Waals surface area contributed by atoms with Crippen LogP contribution in [0.4, 0.5) is 0 Å². The molecule has 142 valence electrons. The third-order valence-electron chi connectivity index (χ3n) is 5.06. The molecule has 0 aliphatic carbocycles.